The molecular formula is C12H11B2NO2. The minimum Gasteiger partial charge on any atom is -0.465 e. The van der Waals surface area contributed by atoms with E-state index in [1.165, 1.54) is 5.56 Å². The van der Waals surface area contributed by atoms with Gasteiger partial charge in [-0.25, -0.2) is 4.98 Å². The van der Waals surface area contributed by atoms with E-state index in [0.717, 1.165) is 17.2 Å². The fourth-order valence-electron chi connectivity index (χ4n) is 1.79. The summed E-state index contributed by atoms with van der Waals surface area (Å²) in [7, 11) is 10.4. The Morgan fingerprint density at radius 1 is 1.29 bits per heavy atom. The summed E-state index contributed by atoms with van der Waals surface area (Å²) in [6, 6.07) is 7.68. The number of benzene rings is 1. The average Bonchev–Trinajstić information content (AvgIpc) is 2.27. The van der Waals surface area contributed by atoms with E-state index in [1.54, 1.807) is 6.20 Å². The first kappa shape index (κ1) is 12.0. The van der Waals surface area contributed by atoms with Gasteiger partial charge in [0.15, 0.2) is 15.7 Å². The fourth-order valence-corrected chi connectivity index (χ4v) is 1.79. The number of nitrogens with zero attached hydrogens (tertiary/aromatic N) is 1. The third-order valence-corrected chi connectivity index (χ3v) is 2.50. The lowest BCUT2D eigenvalue weighted by atomic mass is 9.76. The standard InChI is InChI=1S/C12H11B2NO2/c1-2-8-4-3-5-10-9(8)6-7-15-11(10)17-12(13,14)16/h3-7,16H,2H2,1H3. The lowest BCUT2D eigenvalue weighted by Gasteiger charge is -2.21. The van der Waals surface area contributed by atoms with E-state index in [-0.39, 0.29) is 5.88 Å². The van der Waals surface area contributed by atoms with E-state index in [4.69, 9.17) is 20.4 Å². The minimum atomic E-state index is -2.22. The molecule has 0 fully saturated rings. The topological polar surface area (TPSA) is 42.4 Å². The third-order valence-electron chi connectivity index (χ3n) is 2.50. The van der Waals surface area contributed by atoms with Crippen molar-refractivity contribution in [2.75, 3.05) is 0 Å². The molecule has 0 saturated carbocycles. The molecule has 0 aliphatic rings. The maximum atomic E-state index is 9.25. The molecule has 82 valence electrons. The van der Waals surface area contributed by atoms with Gasteiger partial charge in [-0.3, -0.25) is 0 Å². The first-order valence-corrected chi connectivity index (χ1v) is 5.37. The Morgan fingerprint density at radius 3 is 2.71 bits per heavy atom. The van der Waals surface area contributed by atoms with Gasteiger partial charge in [0.05, 0.1) is 0 Å². The smallest absolute Gasteiger partial charge is 0.222 e. The van der Waals surface area contributed by atoms with Gasteiger partial charge in [0, 0.05) is 11.6 Å². The lowest BCUT2D eigenvalue weighted by Crippen LogP contribution is -2.36. The maximum Gasteiger partial charge on any atom is 0.222 e. The van der Waals surface area contributed by atoms with Crippen LogP contribution in [0, 0.1) is 0 Å². The second kappa shape index (κ2) is 4.41. The third kappa shape index (κ3) is 2.61. The van der Waals surface area contributed by atoms with Crippen LogP contribution in [0.5, 0.6) is 5.88 Å². The molecule has 1 aromatic heterocycles. The number of fused-ring (bicyclic) bond motifs is 1. The monoisotopic (exact) mass is 223 g/mol. The summed E-state index contributed by atoms with van der Waals surface area (Å²) in [5, 5.41) is 11.0. The number of hydrogen-bond donors (Lipinski definition) is 1. The second-order valence-corrected chi connectivity index (χ2v) is 3.84. The van der Waals surface area contributed by atoms with Crippen molar-refractivity contribution in [1.29, 1.82) is 0 Å². The van der Waals surface area contributed by atoms with Crippen LogP contribution in [0.2, 0.25) is 0 Å². The van der Waals surface area contributed by atoms with E-state index in [9.17, 15) is 5.11 Å². The second-order valence-electron chi connectivity index (χ2n) is 3.84. The molecule has 3 nitrogen and oxygen atoms in total. The normalized spacial score (nSPS) is 11.6. The Kier molecular flexibility index (Phi) is 3.11. The Balaban J connectivity index is 2.58. The molecule has 0 saturated heterocycles. The average molecular weight is 223 g/mol. The van der Waals surface area contributed by atoms with Gasteiger partial charge in [0.2, 0.25) is 5.88 Å². The van der Waals surface area contributed by atoms with Crippen LogP contribution in [0.1, 0.15) is 12.5 Å². The summed E-state index contributed by atoms with van der Waals surface area (Å²) in [5.74, 6) is 0.227. The van der Waals surface area contributed by atoms with Crippen molar-refractivity contribution in [3.05, 3.63) is 36.0 Å². The van der Waals surface area contributed by atoms with Crippen molar-refractivity contribution >= 4 is 26.5 Å². The Morgan fingerprint density at radius 2 is 2.06 bits per heavy atom. The summed E-state index contributed by atoms with van der Waals surface area (Å²) in [6.45, 7) is 2.07. The quantitative estimate of drug-likeness (QED) is 0.625. The molecule has 1 N–H and O–H groups in total. The van der Waals surface area contributed by atoms with Gasteiger partial charge < -0.3 is 9.84 Å². The van der Waals surface area contributed by atoms with E-state index in [2.05, 4.69) is 11.9 Å². The molecule has 17 heavy (non-hydrogen) atoms. The van der Waals surface area contributed by atoms with E-state index in [0.29, 0.717) is 0 Å². The van der Waals surface area contributed by atoms with Gasteiger partial charge in [0.25, 0.3) is 0 Å². The maximum absolute atomic E-state index is 9.25. The van der Waals surface area contributed by atoms with E-state index < -0.39 is 5.59 Å². The van der Waals surface area contributed by atoms with Crippen LogP contribution >= 0.6 is 0 Å². The van der Waals surface area contributed by atoms with Gasteiger partial charge >= 0.3 is 0 Å². The van der Waals surface area contributed by atoms with Crippen LogP contribution in [0.15, 0.2) is 30.5 Å². The van der Waals surface area contributed by atoms with Gasteiger partial charge in [-0.1, -0.05) is 19.1 Å². The molecular weight excluding hydrogens is 212 g/mol. The van der Waals surface area contributed by atoms with Crippen molar-refractivity contribution in [3.63, 3.8) is 0 Å². The highest BCUT2D eigenvalue weighted by Crippen LogP contribution is 2.27. The molecule has 0 spiro atoms. The van der Waals surface area contributed by atoms with Gasteiger partial charge in [-0.2, -0.15) is 0 Å². The highest BCUT2D eigenvalue weighted by molar-refractivity contribution is 6.37. The first-order chi connectivity index (χ1) is 8.01. The molecule has 0 unspecified atom stereocenters. The fraction of sp³-hybridized carbons (Fsp3) is 0.250. The summed E-state index contributed by atoms with van der Waals surface area (Å²) in [4.78, 5) is 4.03. The molecule has 4 radical (unpaired) electrons. The molecule has 0 aliphatic heterocycles. The molecule has 1 heterocycles. The van der Waals surface area contributed by atoms with Crippen molar-refractivity contribution in [3.8, 4) is 5.88 Å². The number of ether oxygens (including phenoxy) is 1. The van der Waals surface area contributed by atoms with Gasteiger partial charge in [-0.05, 0) is 29.5 Å². The SMILES string of the molecule is [B]C([B])(O)Oc1nccc2c(CC)cccc12. The zero-order chi connectivity index (χ0) is 12.5. The van der Waals surface area contributed by atoms with Crippen molar-refractivity contribution in [1.82, 2.24) is 4.98 Å². The number of aromatic nitrogens is 1. The predicted molar refractivity (Wildman–Crippen MR) is 68.2 cm³/mol. The van der Waals surface area contributed by atoms with Crippen LogP contribution in [-0.4, -0.2) is 31.4 Å². The zero-order valence-electron chi connectivity index (χ0n) is 9.55. The number of hydrogen-bond acceptors (Lipinski definition) is 3. The summed E-state index contributed by atoms with van der Waals surface area (Å²) < 4.78 is 5.01. The zero-order valence-corrected chi connectivity index (χ0v) is 9.55. The molecule has 0 amide bonds. The molecule has 0 aliphatic carbocycles. The van der Waals surface area contributed by atoms with Crippen LogP contribution in [-0.2, 0) is 6.42 Å². The van der Waals surface area contributed by atoms with Crippen molar-refractivity contribution in [2.24, 2.45) is 0 Å². The lowest BCUT2D eigenvalue weighted by molar-refractivity contribution is 0.0105. The Labute approximate surface area is 103 Å². The number of pyridine rings is 1. The molecule has 2 aromatic rings. The van der Waals surface area contributed by atoms with Gasteiger partial charge in [-0.15, -0.1) is 0 Å². The Hall–Kier alpha value is -1.48. The molecule has 1 aromatic carbocycles. The molecule has 0 atom stereocenters. The summed E-state index contributed by atoms with van der Waals surface area (Å²) in [5.41, 5.74) is -1.05. The molecule has 2 rings (SSSR count). The van der Waals surface area contributed by atoms with Crippen LogP contribution < -0.4 is 4.74 Å². The van der Waals surface area contributed by atoms with Crippen molar-refractivity contribution in [2.45, 2.75) is 18.9 Å². The minimum absolute atomic E-state index is 0.227. The summed E-state index contributed by atoms with van der Waals surface area (Å²) in [6.07, 6.45) is 2.50. The van der Waals surface area contributed by atoms with Gasteiger partial charge in [0.1, 0.15) is 5.59 Å². The summed E-state index contributed by atoms with van der Waals surface area (Å²) >= 11 is 0. The largest absolute Gasteiger partial charge is 0.465 e. The van der Waals surface area contributed by atoms with Crippen LogP contribution in [0.4, 0.5) is 0 Å². The molecule has 5 heteroatoms. The van der Waals surface area contributed by atoms with E-state index >= 15 is 0 Å². The number of aliphatic hydroxyl groups is 1. The number of aryl methyl sites for hydroxylation is 1. The van der Waals surface area contributed by atoms with Crippen LogP contribution in [0.3, 0.4) is 0 Å². The van der Waals surface area contributed by atoms with E-state index in [1.807, 2.05) is 24.3 Å². The highest BCUT2D eigenvalue weighted by atomic mass is 16.6. The highest BCUT2D eigenvalue weighted by Gasteiger charge is 2.16. The van der Waals surface area contributed by atoms with Crippen molar-refractivity contribution < 1.29 is 9.84 Å². The number of rotatable bonds is 3. The first-order valence-electron chi connectivity index (χ1n) is 5.37. The Bertz CT molecular complexity index is 538. The predicted octanol–water partition coefficient (Wildman–Crippen LogP) is 1.12. The van der Waals surface area contributed by atoms with Crippen LogP contribution in [0.25, 0.3) is 10.8 Å². The molecule has 0 bridgehead atoms.